The molecule has 2 aromatic heterocycles. The third kappa shape index (κ3) is 6.13. The molecule has 0 unspecified atom stereocenters. The van der Waals surface area contributed by atoms with E-state index in [-0.39, 0.29) is 34.6 Å². The van der Waals surface area contributed by atoms with Gasteiger partial charge in [0.15, 0.2) is 9.84 Å². The zero-order chi connectivity index (χ0) is 30.0. The number of rotatable bonds is 8. The highest BCUT2D eigenvalue weighted by Gasteiger charge is 2.29. The Kier molecular flexibility index (Phi) is 8.27. The third-order valence-electron chi connectivity index (χ3n) is 7.86. The van der Waals surface area contributed by atoms with Crippen molar-refractivity contribution in [2.24, 2.45) is 13.0 Å². The van der Waals surface area contributed by atoms with Gasteiger partial charge in [0.05, 0.1) is 10.6 Å². The van der Waals surface area contributed by atoms with E-state index in [1.807, 2.05) is 18.2 Å². The number of hydrogen-bond donors (Lipinski definition) is 1. The summed E-state index contributed by atoms with van der Waals surface area (Å²) in [4.78, 5) is 36.8. The summed E-state index contributed by atoms with van der Waals surface area (Å²) >= 11 is 0. The van der Waals surface area contributed by atoms with Gasteiger partial charge in [-0.15, -0.1) is 0 Å². The van der Waals surface area contributed by atoms with Crippen molar-refractivity contribution >= 4 is 21.7 Å². The van der Waals surface area contributed by atoms with Gasteiger partial charge in [-0.1, -0.05) is 39.0 Å². The summed E-state index contributed by atoms with van der Waals surface area (Å²) in [5.41, 5.74) is 5.11. The Bertz CT molecular complexity index is 1760. The van der Waals surface area contributed by atoms with Gasteiger partial charge in [0.1, 0.15) is 0 Å². The zero-order valence-electron chi connectivity index (χ0n) is 24.2. The molecule has 0 saturated carbocycles. The number of sulfone groups is 1. The number of hydrogen-bond acceptors (Lipinski definition) is 7. The molecule has 2 aromatic carbocycles. The quantitative estimate of drug-likeness (QED) is 0.328. The second-order valence-electron chi connectivity index (χ2n) is 11.0. The average Bonchev–Trinajstić information content (AvgIpc) is 3.00. The first-order chi connectivity index (χ1) is 20.1. The number of nitrogens with zero attached hydrogens (tertiary/aromatic N) is 4. The van der Waals surface area contributed by atoms with Gasteiger partial charge in [0, 0.05) is 68.4 Å². The van der Waals surface area contributed by atoms with Gasteiger partial charge in [-0.05, 0) is 58.5 Å². The first-order valence-corrected chi connectivity index (χ1v) is 15.7. The van der Waals surface area contributed by atoms with Crippen LogP contribution in [0, 0.1) is 5.92 Å². The predicted molar refractivity (Wildman–Crippen MR) is 163 cm³/mol. The Morgan fingerprint density at radius 1 is 1.02 bits per heavy atom. The van der Waals surface area contributed by atoms with E-state index < -0.39 is 9.84 Å². The van der Waals surface area contributed by atoms with Gasteiger partial charge >= 0.3 is 0 Å². The molecule has 1 aliphatic heterocycles. The summed E-state index contributed by atoms with van der Waals surface area (Å²) in [6.45, 7) is 7.61. The maximum Gasteiger partial charge on any atom is 0.251 e. The van der Waals surface area contributed by atoms with E-state index in [1.165, 1.54) is 10.1 Å². The molecular formula is C32H35N5O4S. The lowest BCUT2D eigenvalue weighted by molar-refractivity contribution is 0.0950. The molecule has 0 fully saturated rings. The minimum atomic E-state index is -3.26. The van der Waals surface area contributed by atoms with Gasteiger partial charge in [0.25, 0.3) is 11.5 Å². The molecule has 1 aliphatic rings. The Morgan fingerprint density at radius 3 is 2.38 bits per heavy atom. The standard InChI is InChI=1S/C32H35N5O4S/c1-5-42(40,41)27-9-6-22(7-10-27)16-33-31(39)24-8-11-28-25(14-24)19-37(20-29(28)21(2)3)32-34-17-26(18-35-32)23-12-13-36(4)30(38)15-23/h6-15,17-18,21,29H,5,16,19-20H2,1-4H3,(H,33,39)/t29-/m0/s1. The molecule has 1 atom stereocenters. The Balaban J connectivity index is 1.32. The van der Waals surface area contributed by atoms with Crippen LogP contribution >= 0.6 is 0 Å². The van der Waals surface area contributed by atoms with Gasteiger partial charge in [0.2, 0.25) is 5.95 Å². The summed E-state index contributed by atoms with van der Waals surface area (Å²) in [5, 5.41) is 2.95. The first-order valence-electron chi connectivity index (χ1n) is 14.0. The number of carbonyl (C=O) groups excluding carboxylic acids is 1. The summed E-state index contributed by atoms with van der Waals surface area (Å²) in [5.74, 6) is 1.05. The lowest BCUT2D eigenvalue weighted by Crippen LogP contribution is -2.37. The fourth-order valence-corrected chi connectivity index (χ4v) is 6.09. The molecule has 10 heteroatoms. The monoisotopic (exact) mass is 585 g/mol. The normalized spacial score (nSPS) is 15.0. The van der Waals surface area contributed by atoms with E-state index in [0.29, 0.717) is 24.0 Å². The largest absolute Gasteiger partial charge is 0.348 e. The van der Waals surface area contributed by atoms with E-state index in [4.69, 9.17) is 0 Å². The van der Waals surface area contributed by atoms with Crippen molar-refractivity contribution in [3.8, 4) is 11.1 Å². The highest BCUT2D eigenvalue weighted by atomic mass is 32.2. The molecule has 5 rings (SSSR count). The summed E-state index contributed by atoms with van der Waals surface area (Å²) < 4.78 is 25.6. The number of fused-ring (bicyclic) bond motifs is 1. The summed E-state index contributed by atoms with van der Waals surface area (Å²) in [6, 6.07) is 15.9. The number of aryl methyl sites for hydroxylation is 1. The lowest BCUT2D eigenvalue weighted by atomic mass is 9.82. The van der Waals surface area contributed by atoms with Crippen LogP contribution in [0.2, 0.25) is 0 Å². The van der Waals surface area contributed by atoms with Crippen molar-refractivity contribution in [2.45, 2.75) is 44.7 Å². The molecule has 1 N–H and O–H groups in total. The first kappa shape index (κ1) is 29.2. The zero-order valence-corrected chi connectivity index (χ0v) is 25.1. The second-order valence-corrected chi connectivity index (χ2v) is 13.3. The van der Waals surface area contributed by atoms with Crippen LogP contribution in [-0.4, -0.2) is 41.2 Å². The molecule has 4 aromatic rings. The number of carbonyl (C=O) groups is 1. The van der Waals surface area contributed by atoms with E-state index in [1.54, 1.807) is 62.9 Å². The SMILES string of the molecule is CCS(=O)(=O)c1ccc(CNC(=O)c2ccc3c(c2)CN(c2ncc(-c4ccn(C)c(=O)c4)cn2)C[C@H]3C(C)C)cc1. The molecule has 0 saturated heterocycles. The molecule has 9 nitrogen and oxygen atoms in total. The number of benzene rings is 2. The Hall–Kier alpha value is -4.31. The highest BCUT2D eigenvalue weighted by Crippen LogP contribution is 2.35. The predicted octanol–water partition coefficient (Wildman–Crippen LogP) is 4.33. The molecule has 0 bridgehead atoms. The van der Waals surface area contributed by atoms with Crippen molar-refractivity contribution in [1.29, 1.82) is 0 Å². The van der Waals surface area contributed by atoms with Crippen LogP contribution in [0.1, 0.15) is 53.7 Å². The van der Waals surface area contributed by atoms with Crippen LogP contribution in [-0.2, 0) is 30.0 Å². The molecule has 0 spiro atoms. The molecular weight excluding hydrogens is 550 g/mol. The fraction of sp³-hybridized carbons (Fsp3) is 0.312. The Labute approximate surface area is 246 Å². The van der Waals surface area contributed by atoms with Crippen molar-refractivity contribution in [1.82, 2.24) is 19.9 Å². The number of nitrogens with one attached hydrogen (secondary N) is 1. The molecule has 0 radical (unpaired) electrons. The van der Waals surface area contributed by atoms with Crippen molar-refractivity contribution in [3.63, 3.8) is 0 Å². The molecule has 3 heterocycles. The van der Waals surface area contributed by atoms with Gasteiger partial charge in [-0.2, -0.15) is 0 Å². The lowest BCUT2D eigenvalue weighted by Gasteiger charge is -2.37. The summed E-state index contributed by atoms with van der Waals surface area (Å²) in [7, 11) is -1.55. The maximum atomic E-state index is 13.1. The molecule has 1 amide bonds. The number of pyridine rings is 1. The van der Waals surface area contributed by atoms with Crippen molar-refractivity contribution in [3.05, 3.63) is 106 Å². The smallest absolute Gasteiger partial charge is 0.251 e. The topological polar surface area (TPSA) is 114 Å². The number of aromatic nitrogens is 3. The maximum absolute atomic E-state index is 13.1. The molecule has 42 heavy (non-hydrogen) atoms. The average molecular weight is 586 g/mol. The van der Waals surface area contributed by atoms with Crippen LogP contribution in [0.3, 0.4) is 0 Å². The van der Waals surface area contributed by atoms with Crippen molar-refractivity contribution < 1.29 is 13.2 Å². The van der Waals surface area contributed by atoms with Crippen LogP contribution in [0.5, 0.6) is 0 Å². The third-order valence-corrected chi connectivity index (χ3v) is 9.61. The Morgan fingerprint density at radius 2 is 1.74 bits per heavy atom. The fourth-order valence-electron chi connectivity index (χ4n) is 5.20. The van der Waals surface area contributed by atoms with Crippen LogP contribution < -0.4 is 15.8 Å². The second kappa shape index (κ2) is 11.9. The highest BCUT2D eigenvalue weighted by molar-refractivity contribution is 7.91. The molecule has 218 valence electrons. The van der Waals surface area contributed by atoms with Gasteiger partial charge in [-0.3, -0.25) is 9.59 Å². The van der Waals surface area contributed by atoms with Crippen molar-refractivity contribution in [2.75, 3.05) is 17.2 Å². The molecule has 0 aliphatic carbocycles. The van der Waals surface area contributed by atoms with Crippen LogP contribution in [0.25, 0.3) is 11.1 Å². The van der Waals surface area contributed by atoms with Crippen LogP contribution in [0.4, 0.5) is 5.95 Å². The minimum Gasteiger partial charge on any atom is -0.348 e. The van der Waals surface area contributed by atoms with Crippen LogP contribution in [0.15, 0.2) is 82.9 Å². The van der Waals surface area contributed by atoms with Gasteiger partial charge < -0.3 is 14.8 Å². The van der Waals surface area contributed by atoms with E-state index in [9.17, 15) is 18.0 Å². The van der Waals surface area contributed by atoms with E-state index in [0.717, 1.165) is 28.8 Å². The van der Waals surface area contributed by atoms with E-state index in [2.05, 4.69) is 40.1 Å². The number of amides is 1. The minimum absolute atomic E-state index is 0.0456. The number of anilines is 1. The summed E-state index contributed by atoms with van der Waals surface area (Å²) in [6.07, 6.45) is 5.21. The van der Waals surface area contributed by atoms with E-state index >= 15 is 0 Å². The van der Waals surface area contributed by atoms with Gasteiger partial charge in [-0.25, -0.2) is 18.4 Å².